The van der Waals surface area contributed by atoms with Gasteiger partial charge in [-0.2, -0.15) is 9.78 Å². The number of aryl methyl sites for hydroxylation is 1. The van der Waals surface area contributed by atoms with Crippen molar-refractivity contribution in [1.82, 2.24) is 35.9 Å². The molecule has 2 atom stereocenters. The highest BCUT2D eigenvalue weighted by molar-refractivity contribution is 8.00. The van der Waals surface area contributed by atoms with Gasteiger partial charge in [0.2, 0.25) is 0 Å². The third-order valence-electron chi connectivity index (χ3n) is 5.89. The number of nitrogens with zero attached hydrogens (tertiary/aromatic N) is 4. The van der Waals surface area contributed by atoms with Crippen LogP contribution < -0.4 is 26.5 Å². The fourth-order valence-electron chi connectivity index (χ4n) is 3.69. The molecule has 224 valence electrons. The summed E-state index contributed by atoms with van der Waals surface area (Å²) >= 11 is 1.39. The Morgan fingerprint density at radius 3 is 2.52 bits per heavy atom. The molecule has 42 heavy (non-hydrogen) atoms. The van der Waals surface area contributed by atoms with Gasteiger partial charge in [-0.05, 0) is 38.0 Å². The number of pyridine rings is 2. The van der Waals surface area contributed by atoms with Crippen LogP contribution in [0.1, 0.15) is 68.6 Å². The number of carbonyl (C=O) groups is 1. The predicted octanol–water partition coefficient (Wildman–Crippen LogP) is 4.59. The number of rotatable bonds is 6. The summed E-state index contributed by atoms with van der Waals surface area (Å²) in [5.41, 5.74) is 5.50. The lowest BCUT2D eigenvalue weighted by Crippen LogP contribution is -2.43. The molecule has 1 amide bonds. The molecule has 1 aliphatic carbocycles. The van der Waals surface area contributed by atoms with E-state index in [9.17, 15) is 18.4 Å². The van der Waals surface area contributed by atoms with E-state index < -0.39 is 29.1 Å². The Labute approximate surface area is 248 Å². The SMILES string of the molecule is CC.CC.COc1cnc(C(F)F)cc1-c1cc(-n2nccc(C)c2=O)ncc1C(=O)NC1NNC(C#CC2CC2)S1. The maximum atomic E-state index is 13.5. The van der Waals surface area contributed by atoms with Gasteiger partial charge in [-0.3, -0.25) is 14.6 Å². The van der Waals surface area contributed by atoms with Crippen LogP contribution in [0.4, 0.5) is 8.78 Å². The summed E-state index contributed by atoms with van der Waals surface area (Å²) in [5.74, 6) is 6.50. The lowest BCUT2D eigenvalue weighted by Gasteiger charge is -2.17. The lowest BCUT2D eigenvalue weighted by molar-refractivity contribution is 0.0945. The summed E-state index contributed by atoms with van der Waals surface area (Å²) < 4.78 is 33.5. The monoisotopic (exact) mass is 599 g/mol. The zero-order valence-corrected chi connectivity index (χ0v) is 25.2. The quantitative estimate of drug-likeness (QED) is 0.349. The van der Waals surface area contributed by atoms with Gasteiger partial charge in [0.1, 0.15) is 22.3 Å². The summed E-state index contributed by atoms with van der Waals surface area (Å²) in [6, 6.07) is 4.15. The number of carbonyl (C=O) groups excluding carboxylic acids is 1. The first-order chi connectivity index (χ1) is 20.3. The molecule has 10 nitrogen and oxygen atoms in total. The second-order valence-corrected chi connectivity index (χ2v) is 9.87. The maximum Gasteiger partial charge on any atom is 0.280 e. The van der Waals surface area contributed by atoms with E-state index in [0.29, 0.717) is 11.5 Å². The van der Waals surface area contributed by atoms with Crippen molar-refractivity contribution in [3.05, 3.63) is 64.0 Å². The van der Waals surface area contributed by atoms with E-state index in [1.54, 1.807) is 13.0 Å². The molecule has 0 radical (unpaired) electrons. The molecule has 1 saturated heterocycles. The largest absolute Gasteiger partial charge is 0.494 e. The van der Waals surface area contributed by atoms with Gasteiger partial charge in [-0.15, -0.1) is 0 Å². The predicted molar refractivity (Wildman–Crippen MR) is 159 cm³/mol. The molecule has 13 heteroatoms. The van der Waals surface area contributed by atoms with Crippen LogP contribution in [-0.2, 0) is 0 Å². The van der Waals surface area contributed by atoms with E-state index in [-0.39, 0.29) is 33.6 Å². The number of hydrogen-bond acceptors (Lipinski definition) is 9. The first-order valence-electron chi connectivity index (χ1n) is 13.7. The van der Waals surface area contributed by atoms with Gasteiger partial charge in [0, 0.05) is 35.0 Å². The van der Waals surface area contributed by atoms with Crippen LogP contribution in [0.15, 0.2) is 41.6 Å². The van der Waals surface area contributed by atoms with E-state index in [0.717, 1.165) is 29.8 Å². The van der Waals surface area contributed by atoms with Crippen molar-refractivity contribution in [3.63, 3.8) is 0 Å². The highest BCUT2D eigenvalue weighted by Crippen LogP contribution is 2.35. The Morgan fingerprint density at radius 2 is 1.86 bits per heavy atom. The highest BCUT2D eigenvalue weighted by Gasteiger charge is 2.28. The van der Waals surface area contributed by atoms with Gasteiger partial charge in [0.25, 0.3) is 17.9 Å². The molecule has 2 unspecified atom stereocenters. The first-order valence-corrected chi connectivity index (χ1v) is 14.6. The fraction of sp³-hybridized carbons (Fsp3) is 0.414. The number of aromatic nitrogens is 4. The van der Waals surface area contributed by atoms with Gasteiger partial charge in [0.15, 0.2) is 5.82 Å². The number of amides is 1. The number of nitrogens with one attached hydrogen (secondary N) is 3. The van der Waals surface area contributed by atoms with Gasteiger partial charge in [-0.1, -0.05) is 51.3 Å². The van der Waals surface area contributed by atoms with Crippen molar-refractivity contribution in [2.75, 3.05) is 7.11 Å². The Morgan fingerprint density at radius 1 is 1.12 bits per heavy atom. The Kier molecular flexibility index (Phi) is 12.0. The maximum absolute atomic E-state index is 13.5. The number of thioether (sulfide) groups is 1. The minimum Gasteiger partial charge on any atom is -0.494 e. The molecule has 3 aromatic heterocycles. The molecule has 1 saturated carbocycles. The molecule has 5 rings (SSSR count). The second kappa shape index (κ2) is 15.4. The van der Waals surface area contributed by atoms with Crippen molar-refractivity contribution in [1.29, 1.82) is 0 Å². The fourth-order valence-corrected chi connectivity index (χ4v) is 4.55. The topological polar surface area (TPSA) is 123 Å². The lowest BCUT2D eigenvalue weighted by atomic mass is 10.00. The van der Waals surface area contributed by atoms with Crippen molar-refractivity contribution >= 4 is 17.7 Å². The van der Waals surface area contributed by atoms with E-state index in [1.807, 2.05) is 27.7 Å². The van der Waals surface area contributed by atoms with E-state index >= 15 is 0 Å². The molecule has 0 aromatic carbocycles. The van der Waals surface area contributed by atoms with Gasteiger partial charge in [-0.25, -0.2) is 24.6 Å². The Bertz CT molecular complexity index is 1500. The summed E-state index contributed by atoms with van der Waals surface area (Å²) in [4.78, 5) is 34.1. The van der Waals surface area contributed by atoms with Crippen LogP contribution in [0, 0.1) is 24.7 Å². The van der Waals surface area contributed by atoms with Crippen LogP contribution in [-0.4, -0.2) is 43.6 Å². The van der Waals surface area contributed by atoms with Crippen LogP contribution in [0.2, 0.25) is 0 Å². The third kappa shape index (κ3) is 7.90. The molecule has 0 spiro atoms. The van der Waals surface area contributed by atoms with E-state index in [4.69, 9.17) is 4.74 Å². The number of ether oxygens (including phenoxy) is 1. The van der Waals surface area contributed by atoms with Crippen LogP contribution >= 0.6 is 11.8 Å². The molecule has 3 aromatic rings. The number of halogens is 2. The third-order valence-corrected chi connectivity index (χ3v) is 6.90. The molecule has 2 fully saturated rings. The van der Waals surface area contributed by atoms with Crippen LogP contribution in [0.25, 0.3) is 16.9 Å². The van der Waals surface area contributed by atoms with Gasteiger partial charge in [0.05, 0.1) is 18.9 Å². The summed E-state index contributed by atoms with van der Waals surface area (Å²) in [6.07, 6.45) is 3.25. The van der Waals surface area contributed by atoms with Crippen molar-refractivity contribution < 1.29 is 18.3 Å². The van der Waals surface area contributed by atoms with E-state index in [2.05, 4.69) is 43.1 Å². The minimum absolute atomic E-state index is 0.0779. The molecule has 0 bridgehead atoms. The molecule has 2 aliphatic rings. The normalized spacial score (nSPS) is 17.2. The van der Waals surface area contributed by atoms with Gasteiger partial charge >= 0.3 is 0 Å². The average Bonchev–Trinajstić information content (AvgIpc) is 3.75. The molecule has 3 N–H and O–H groups in total. The number of alkyl halides is 2. The van der Waals surface area contributed by atoms with Crippen LogP contribution in [0.3, 0.4) is 0 Å². The zero-order chi connectivity index (χ0) is 30.8. The number of methoxy groups -OCH3 is 1. The highest BCUT2D eigenvalue weighted by atomic mass is 32.2. The number of hydrogen-bond donors (Lipinski definition) is 3. The molecular formula is C29H35F2N7O3S. The van der Waals surface area contributed by atoms with Crippen molar-refractivity contribution in [2.24, 2.45) is 5.92 Å². The average molecular weight is 600 g/mol. The van der Waals surface area contributed by atoms with Crippen molar-refractivity contribution in [3.8, 4) is 34.5 Å². The molecular weight excluding hydrogens is 564 g/mol. The summed E-state index contributed by atoms with van der Waals surface area (Å²) in [7, 11) is 1.37. The Hall–Kier alpha value is -3.86. The minimum atomic E-state index is -2.85. The molecule has 1 aliphatic heterocycles. The molecule has 4 heterocycles. The number of hydrazine groups is 1. The first kappa shape index (κ1) is 32.7. The summed E-state index contributed by atoms with van der Waals surface area (Å²) in [6.45, 7) is 9.63. The smallest absolute Gasteiger partial charge is 0.280 e. The van der Waals surface area contributed by atoms with Crippen LogP contribution in [0.5, 0.6) is 5.75 Å². The van der Waals surface area contributed by atoms with Crippen molar-refractivity contribution in [2.45, 2.75) is 64.8 Å². The van der Waals surface area contributed by atoms with Gasteiger partial charge < -0.3 is 10.1 Å². The Balaban J connectivity index is 0.00000116. The van der Waals surface area contributed by atoms with E-state index in [1.165, 1.54) is 37.3 Å². The summed E-state index contributed by atoms with van der Waals surface area (Å²) in [5, 5.41) is 6.72. The second-order valence-electron chi connectivity index (χ2n) is 8.65. The zero-order valence-electron chi connectivity index (χ0n) is 24.4. The standard InChI is InChI=1S/C25H23F2N7O3S.2C2H6/c1-13-7-8-30-34(24(13)36)20-10-15(16-9-18(22(26)27)28-12-19(16)37-2)17(11-29-20)23(35)31-25-33-32-21(38-25)6-5-14-3-4-14;2*1-2/h7-12,14,21-22,25,32-33H,3-4H2,1-2H3,(H,31,35);2*1-2H3.